The van der Waals surface area contributed by atoms with Crippen LogP contribution in [0, 0.1) is 22.2 Å². The van der Waals surface area contributed by atoms with E-state index in [0.717, 1.165) is 12.3 Å². The van der Waals surface area contributed by atoms with Crippen LogP contribution in [0.1, 0.15) is 60.3 Å². The predicted molar refractivity (Wildman–Crippen MR) is 68.5 cm³/mol. The van der Waals surface area contributed by atoms with Crippen molar-refractivity contribution in [2.45, 2.75) is 65.8 Å². The Balaban J connectivity index is 2.03. The van der Waals surface area contributed by atoms with Crippen LogP contribution in [0.5, 0.6) is 0 Å². The number of hydrogen-bond donors (Lipinski definition) is 1. The average molecular weight is 235 g/mol. The normalized spacial score (nSPS) is 43.2. The van der Waals surface area contributed by atoms with Gasteiger partial charge in [0.25, 0.3) is 0 Å². The standard InChI is InChI=1S/C15H25NO/c1-12(2,3)14-9-11(17)16-15(14,13(14,4)5)8-10-6-7-10/h10H,6-9H2,1-5H3,(H,16,17)/t14?,15-/m0/s1. The van der Waals surface area contributed by atoms with Crippen LogP contribution in [0.4, 0.5) is 0 Å². The maximum absolute atomic E-state index is 11.9. The largest absolute Gasteiger partial charge is 0.349 e. The summed E-state index contributed by atoms with van der Waals surface area (Å²) in [6.45, 7) is 11.6. The summed E-state index contributed by atoms with van der Waals surface area (Å²) in [7, 11) is 0. The van der Waals surface area contributed by atoms with Gasteiger partial charge in [0.05, 0.1) is 5.54 Å². The van der Waals surface area contributed by atoms with Gasteiger partial charge in [0.2, 0.25) is 5.91 Å². The first kappa shape index (κ1) is 11.6. The van der Waals surface area contributed by atoms with Crippen LogP contribution >= 0.6 is 0 Å². The molecule has 2 nitrogen and oxygen atoms in total. The molecule has 96 valence electrons. The molecule has 3 fully saturated rings. The van der Waals surface area contributed by atoms with Crippen LogP contribution in [-0.4, -0.2) is 11.4 Å². The molecule has 2 heteroatoms. The van der Waals surface area contributed by atoms with Gasteiger partial charge in [0, 0.05) is 11.8 Å². The Hall–Kier alpha value is -0.530. The Kier molecular flexibility index (Phi) is 1.85. The SMILES string of the molecule is CC(C)(C)C12CC(=O)N[C@@]1(CC1CC1)C2(C)C. The van der Waals surface area contributed by atoms with Crippen LogP contribution in [0.15, 0.2) is 0 Å². The monoisotopic (exact) mass is 235 g/mol. The lowest BCUT2D eigenvalue weighted by molar-refractivity contribution is -0.122. The molecule has 2 atom stereocenters. The molecule has 17 heavy (non-hydrogen) atoms. The summed E-state index contributed by atoms with van der Waals surface area (Å²) in [5.74, 6) is 1.15. The minimum absolute atomic E-state index is 0.0938. The third-order valence-electron chi connectivity index (χ3n) is 6.15. The Labute approximate surface area is 105 Å². The molecule has 0 aromatic carbocycles. The number of amides is 1. The third-order valence-corrected chi connectivity index (χ3v) is 6.15. The van der Waals surface area contributed by atoms with Crippen LogP contribution in [0.2, 0.25) is 0 Å². The van der Waals surface area contributed by atoms with Gasteiger partial charge in [-0.15, -0.1) is 0 Å². The van der Waals surface area contributed by atoms with E-state index in [0.29, 0.717) is 0 Å². The summed E-state index contributed by atoms with van der Waals surface area (Å²) in [6.07, 6.45) is 4.68. The molecule has 0 radical (unpaired) electrons. The van der Waals surface area contributed by atoms with E-state index in [1.54, 1.807) is 0 Å². The van der Waals surface area contributed by atoms with Crippen molar-refractivity contribution in [3.05, 3.63) is 0 Å². The van der Waals surface area contributed by atoms with Gasteiger partial charge in [0.15, 0.2) is 0 Å². The molecular weight excluding hydrogens is 210 g/mol. The quantitative estimate of drug-likeness (QED) is 0.783. The Morgan fingerprint density at radius 3 is 2.35 bits per heavy atom. The maximum Gasteiger partial charge on any atom is 0.221 e. The van der Waals surface area contributed by atoms with Gasteiger partial charge in [0.1, 0.15) is 0 Å². The molecule has 2 saturated carbocycles. The molecule has 1 unspecified atom stereocenters. The zero-order valence-electron chi connectivity index (χ0n) is 11.8. The molecule has 3 rings (SSSR count). The minimum Gasteiger partial charge on any atom is -0.349 e. The fourth-order valence-electron chi connectivity index (χ4n) is 5.30. The topological polar surface area (TPSA) is 29.1 Å². The number of carbonyl (C=O) groups is 1. The van der Waals surface area contributed by atoms with E-state index >= 15 is 0 Å². The van der Waals surface area contributed by atoms with E-state index in [2.05, 4.69) is 39.9 Å². The van der Waals surface area contributed by atoms with Gasteiger partial charge in [-0.2, -0.15) is 0 Å². The van der Waals surface area contributed by atoms with E-state index < -0.39 is 0 Å². The molecule has 0 aromatic rings. The van der Waals surface area contributed by atoms with Crippen LogP contribution in [0.3, 0.4) is 0 Å². The molecular formula is C15H25NO. The molecule has 1 aliphatic heterocycles. The number of rotatable bonds is 2. The van der Waals surface area contributed by atoms with Crippen LogP contribution < -0.4 is 5.32 Å². The summed E-state index contributed by atoms with van der Waals surface area (Å²) in [6, 6.07) is 0. The molecule has 1 amide bonds. The smallest absolute Gasteiger partial charge is 0.221 e. The number of hydrogen-bond acceptors (Lipinski definition) is 1. The van der Waals surface area contributed by atoms with Gasteiger partial charge >= 0.3 is 0 Å². The van der Waals surface area contributed by atoms with E-state index in [-0.39, 0.29) is 27.7 Å². The lowest BCUT2D eigenvalue weighted by atomic mass is 9.70. The molecule has 0 bridgehead atoms. The molecule has 2 aliphatic carbocycles. The summed E-state index contributed by atoms with van der Waals surface area (Å²) in [4.78, 5) is 11.9. The van der Waals surface area contributed by atoms with Gasteiger partial charge in [-0.3, -0.25) is 4.79 Å². The fraction of sp³-hybridized carbons (Fsp3) is 0.933. The first-order chi connectivity index (χ1) is 7.68. The van der Waals surface area contributed by atoms with Crippen molar-refractivity contribution in [1.82, 2.24) is 5.32 Å². The third kappa shape index (κ3) is 1.06. The van der Waals surface area contributed by atoms with Gasteiger partial charge in [-0.1, -0.05) is 47.5 Å². The van der Waals surface area contributed by atoms with E-state index in [1.165, 1.54) is 19.3 Å². The minimum atomic E-state index is 0.0938. The Bertz CT molecular complexity index is 388. The molecule has 0 spiro atoms. The maximum atomic E-state index is 11.9. The van der Waals surface area contributed by atoms with Gasteiger partial charge in [-0.25, -0.2) is 0 Å². The summed E-state index contributed by atoms with van der Waals surface area (Å²) >= 11 is 0. The van der Waals surface area contributed by atoms with Crippen LogP contribution in [0.25, 0.3) is 0 Å². The second-order valence-electron chi connectivity index (χ2n) is 8.06. The highest BCUT2D eigenvalue weighted by Gasteiger charge is 2.88. The predicted octanol–water partition coefficient (Wildman–Crippen LogP) is 3.12. The first-order valence-electron chi connectivity index (χ1n) is 6.99. The van der Waals surface area contributed by atoms with Crippen LogP contribution in [-0.2, 0) is 4.79 Å². The molecule has 3 aliphatic rings. The molecule has 1 saturated heterocycles. The number of carbonyl (C=O) groups excluding carboxylic acids is 1. The lowest BCUT2D eigenvalue weighted by Crippen LogP contribution is -2.38. The number of piperidine rings is 1. The fourth-order valence-corrected chi connectivity index (χ4v) is 5.30. The second-order valence-corrected chi connectivity index (χ2v) is 8.06. The molecule has 1 heterocycles. The summed E-state index contributed by atoms with van der Waals surface area (Å²) < 4.78 is 0. The average Bonchev–Trinajstić information content (AvgIpc) is 2.95. The highest BCUT2D eigenvalue weighted by molar-refractivity contribution is 5.85. The highest BCUT2D eigenvalue weighted by atomic mass is 16.2. The van der Waals surface area contributed by atoms with Crippen molar-refractivity contribution >= 4 is 5.91 Å². The number of fused-ring (bicyclic) bond motifs is 1. The van der Waals surface area contributed by atoms with Gasteiger partial charge < -0.3 is 5.32 Å². The molecule has 0 aromatic heterocycles. The summed E-state index contributed by atoms with van der Waals surface area (Å²) in [5.41, 5.74) is 0.725. The Morgan fingerprint density at radius 1 is 1.29 bits per heavy atom. The molecule has 1 N–H and O–H groups in total. The van der Waals surface area contributed by atoms with Crippen molar-refractivity contribution in [2.75, 3.05) is 0 Å². The number of nitrogens with one attached hydrogen (secondary N) is 1. The van der Waals surface area contributed by atoms with E-state index in [4.69, 9.17) is 0 Å². The van der Waals surface area contributed by atoms with Crippen molar-refractivity contribution in [1.29, 1.82) is 0 Å². The van der Waals surface area contributed by atoms with E-state index in [9.17, 15) is 4.79 Å². The van der Waals surface area contributed by atoms with Gasteiger partial charge in [-0.05, 0) is 23.2 Å². The lowest BCUT2D eigenvalue weighted by Gasteiger charge is -2.32. The van der Waals surface area contributed by atoms with Crippen molar-refractivity contribution in [3.63, 3.8) is 0 Å². The zero-order valence-corrected chi connectivity index (χ0v) is 11.8. The second kappa shape index (κ2) is 2.73. The van der Waals surface area contributed by atoms with E-state index in [1.807, 2.05) is 0 Å². The van der Waals surface area contributed by atoms with Crippen molar-refractivity contribution in [3.8, 4) is 0 Å². The zero-order chi connectivity index (χ0) is 12.7. The van der Waals surface area contributed by atoms with Crippen molar-refractivity contribution < 1.29 is 4.79 Å². The summed E-state index contributed by atoms with van der Waals surface area (Å²) in [5, 5.41) is 3.37. The Morgan fingerprint density at radius 2 is 1.88 bits per heavy atom. The highest BCUT2D eigenvalue weighted by Crippen LogP contribution is 2.84. The van der Waals surface area contributed by atoms with Crippen molar-refractivity contribution in [2.24, 2.45) is 22.2 Å². The first-order valence-corrected chi connectivity index (χ1v) is 6.99.